The monoisotopic (exact) mass is 352 g/mol. The Balaban J connectivity index is 2.28. The lowest BCUT2D eigenvalue weighted by molar-refractivity contribution is 0.0974. The van der Waals surface area contributed by atoms with Gasteiger partial charge in [0.05, 0.1) is 18.2 Å². The Bertz CT molecular complexity index is 967. The molecule has 0 saturated carbocycles. The fraction of sp³-hybridized carbons (Fsp3) is 0.238. The molecule has 0 bridgehead atoms. The number of aryl methyl sites for hydroxylation is 1. The van der Waals surface area contributed by atoms with E-state index in [4.69, 9.17) is 4.74 Å². The predicted molar refractivity (Wildman–Crippen MR) is 98.2 cm³/mol. The van der Waals surface area contributed by atoms with Gasteiger partial charge in [0.25, 0.3) is 0 Å². The van der Waals surface area contributed by atoms with Gasteiger partial charge in [-0.05, 0) is 30.5 Å². The summed E-state index contributed by atoms with van der Waals surface area (Å²) in [5.74, 6) is -1.05. The van der Waals surface area contributed by atoms with E-state index in [2.05, 4.69) is 0 Å². The zero-order valence-electron chi connectivity index (χ0n) is 15.1. The van der Waals surface area contributed by atoms with Crippen LogP contribution in [-0.2, 0) is 0 Å². The Morgan fingerprint density at radius 2 is 1.65 bits per heavy atom. The van der Waals surface area contributed by atoms with Crippen LogP contribution in [-0.4, -0.2) is 28.9 Å². The van der Waals surface area contributed by atoms with E-state index in [1.165, 1.54) is 19.2 Å². The zero-order valence-corrected chi connectivity index (χ0v) is 15.1. The van der Waals surface area contributed by atoms with Crippen molar-refractivity contribution in [1.29, 1.82) is 0 Å². The van der Waals surface area contributed by atoms with E-state index in [0.717, 1.165) is 0 Å². The number of phenolic OH excluding ortho intramolecular Hbond substituents is 2. The highest BCUT2D eigenvalue weighted by Gasteiger charge is 2.36. The van der Waals surface area contributed by atoms with Crippen molar-refractivity contribution in [3.63, 3.8) is 0 Å². The largest absolute Gasteiger partial charge is 0.507 e. The normalized spacial score (nSPS) is 13.3. The molecular formula is C21H20O5. The number of rotatable bonds is 3. The molecule has 0 spiro atoms. The van der Waals surface area contributed by atoms with E-state index in [-0.39, 0.29) is 45.4 Å². The van der Waals surface area contributed by atoms with Crippen LogP contribution < -0.4 is 4.74 Å². The fourth-order valence-corrected chi connectivity index (χ4v) is 3.13. The molecule has 0 heterocycles. The summed E-state index contributed by atoms with van der Waals surface area (Å²) in [6, 6.07) is 4.31. The summed E-state index contributed by atoms with van der Waals surface area (Å²) in [6.07, 6.45) is 3.65. The van der Waals surface area contributed by atoms with Crippen molar-refractivity contribution < 1.29 is 24.5 Å². The second-order valence-electron chi connectivity index (χ2n) is 6.71. The maximum absolute atomic E-state index is 13.0. The molecule has 0 unspecified atom stereocenters. The van der Waals surface area contributed by atoms with Gasteiger partial charge in [-0.1, -0.05) is 26.0 Å². The number of hydrogen-bond donors (Lipinski definition) is 2. The molecule has 1 aliphatic carbocycles. The SMILES string of the molecule is COc1cc(O)c2c(c1)C(=O)c1cc(C)c(/C=C/C(C)C)c(O)c1C2=O. The minimum atomic E-state index is -0.577. The van der Waals surface area contributed by atoms with Crippen LogP contribution in [0.15, 0.2) is 24.3 Å². The van der Waals surface area contributed by atoms with Crippen molar-refractivity contribution >= 4 is 17.6 Å². The van der Waals surface area contributed by atoms with E-state index in [9.17, 15) is 19.8 Å². The number of hydrogen-bond acceptors (Lipinski definition) is 5. The summed E-state index contributed by atoms with van der Waals surface area (Å²) >= 11 is 0. The average molecular weight is 352 g/mol. The van der Waals surface area contributed by atoms with E-state index in [1.807, 2.05) is 19.9 Å². The number of carbonyl (C=O) groups is 2. The number of fused-ring (bicyclic) bond motifs is 2. The van der Waals surface area contributed by atoms with E-state index < -0.39 is 11.6 Å². The first-order valence-electron chi connectivity index (χ1n) is 8.31. The predicted octanol–water partition coefficient (Wildman–Crippen LogP) is 3.86. The van der Waals surface area contributed by atoms with Crippen molar-refractivity contribution in [3.05, 3.63) is 57.7 Å². The van der Waals surface area contributed by atoms with Gasteiger partial charge in [-0.25, -0.2) is 0 Å². The molecule has 0 saturated heterocycles. The van der Waals surface area contributed by atoms with Crippen LogP contribution in [0.2, 0.25) is 0 Å². The van der Waals surface area contributed by atoms with Crippen LogP contribution >= 0.6 is 0 Å². The van der Waals surface area contributed by atoms with Gasteiger partial charge in [0.2, 0.25) is 5.78 Å². The lowest BCUT2D eigenvalue weighted by Crippen LogP contribution is -2.22. The minimum absolute atomic E-state index is 0.0722. The minimum Gasteiger partial charge on any atom is -0.507 e. The lowest BCUT2D eigenvalue weighted by atomic mass is 9.81. The van der Waals surface area contributed by atoms with Crippen molar-refractivity contribution in [3.8, 4) is 17.2 Å². The highest BCUT2D eigenvalue weighted by molar-refractivity contribution is 6.30. The number of benzene rings is 2. The Hall–Kier alpha value is -3.08. The second kappa shape index (κ2) is 6.33. The molecule has 0 fully saturated rings. The Morgan fingerprint density at radius 1 is 1.00 bits per heavy atom. The van der Waals surface area contributed by atoms with Crippen LogP contribution in [0.1, 0.15) is 56.8 Å². The highest BCUT2D eigenvalue weighted by atomic mass is 16.5. The molecule has 0 amide bonds. The summed E-state index contributed by atoms with van der Waals surface area (Å²) < 4.78 is 5.07. The van der Waals surface area contributed by atoms with Gasteiger partial charge in [-0.2, -0.15) is 0 Å². The zero-order chi connectivity index (χ0) is 19.2. The first kappa shape index (κ1) is 17.7. The van der Waals surface area contributed by atoms with Gasteiger partial charge in [-0.3, -0.25) is 9.59 Å². The van der Waals surface area contributed by atoms with Crippen LogP contribution in [0.4, 0.5) is 0 Å². The highest BCUT2D eigenvalue weighted by Crippen LogP contribution is 2.41. The number of aromatic hydroxyl groups is 2. The Morgan fingerprint density at radius 3 is 2.27 bits per heavy atom. The standard InChI is InChI=1S/C21H20O5/c1-10(2)5-6-13-11(3)7-14-18(20(13)24)21(25)17-15(19(14)23)8-12(26-4)9-16(17)22/h5-10,22,24H,1-4H3/b6-5+. The third-order valence-electron chi connectivity index (χ3n) is 4.46. The first-order chi connectivity index (χ1) is 12.3. The Kier molecular flexibility index (Phi) is 4.32. The third kappa shape index (κ3) is 2.65. The van der Waals surface area contributed by atoms with Gasteiger partial charge < -0.3 is 14.9 Å². The summed E-state index contributed by atoms with van der Waals surface area (Å²) in [6.45, 7) is 5.77. The molecule has 0 aliphatic heterocycles. The number of allylic oxidation sites excluding steroid dienone is 1. The van der Waals surface area contributed by atoms with Gasteiger partial charge in [0.1, 0.15) is 17.2 Å². The van der Waals surface area contributed by atoms with Gasteiger partial charge >= 0.3 is 0 Å². The van der Waals surface area contributed by atoms with Gasteiger partial charge in [0.15, 0.2) is 5.78 Å². The molecule has 1 aliphatic rings. The summed E-state index contributed by atoms with van der Waals surface area (Å²) in [4.78, 5) is 25.9. The van der Waals surface area contributed by atoms with Gasteiger partial charge in [0, 0.05) is 22.8 Å². The number of ether oxygens (including phenoxy) is 1. The van der Waals surface area contributed by atoms with Crippen LogP contribution in [0.5, 0.6) is 17.2 Å². The number of methoxy groups -OCH3 is 1. The molecule has 3 rings (SSSR count). The maximum Gasteiger partial charge on any atom is 0.201 e. The average Bonchev–Trinajstić information content (AvgIpc) is 2.57. The van der Waals surface area contributed by atoms with Crippen molar-refractivity contribution in [2.45, 2.75) is 20.8 Å². The van der Waals surface area contributed by atoms with Crippen molar-refractivity contribution in [2.24, 2.45) is 5.92 Å². The van der Waals surface area contributed by atoms with E-state index >= 15 is 0 Å². The molecule has 134 valence electrons. The lowest BCUT2D eigenvalue weighted by Gasteiger charge is -2.22. The number of phenols is 2. The van der Waals surface area contributed by atoms with Crippen molar-refractivity contribution in [2.75, 3.05) is 7.11 Å². The molecular weight excluding hydrogens is 332 g/mol. The quantitative estimate of drug-likeness (QED) is 0.748. The molecule has 5 heteroatoms. The van der Waals surface area contributed by atoms with Gasteiger partial charge in [-0.15, -0.1) is 0 Å². The summed E-state index contributed by atoms with van der Waals surface area (Å²) in [7, 11) is 1.41. The molecule has 0 radical (unpaired) electrons. The molecule has 26 heavy (non-hydrogen) atoms. The first-order valence-corrected chi connectivity index (χ1v) is 8.31. The molecule has 5 nitrogen and oxygen atoms in total. The van der Waals surface area contributed by atoms with E-state index in [1.54, 1.807) is 19.1 Å². The topological polar surface area (TPSA) is 83.8 Å². The van der Waals surface area contributed by atoms with Crippen LogP contribution in [0.3, 0.4) is 0 Å². The third-order valence-corrected chi connectivity index (χ3v) is 4.46. The van der Waals surface area contributed by atoms with Crippen LogP contribution in [0, 0.1) is 12.8 Å². The Labute approximate surface area is 151 Å². The summed E-state index contributed by atoms with van der Waals surface area (Å²) in [5.41, 5.74) is 1.21. The smallest absolute Gasteiger partial charge is 0.201 e. The van der Waals surface area contributed by atoms with E-state index in [0.29, 0.717) is 11.1 Å². The second-order valence-corrected chi connectivity index (χ2v) is 6.71. The molecule has 2 aromatic rings. The molecule has 2 N–H and O–H groups in total. The number of carbonyl (C=O) groups excluding carboxylic acids is 2. The fourth-order valence-electron chi connectivity index (χ4n) is 3.13. The van der Waals surface area contributed by atoms with Crippen molar-refractivity contribution in [1.82, 2.24) is 0 Å². The molecule has 0 atom stereocenters. The molecule has 0 aromatic heterocycles. The maximum atomic E-state index is 13.0. The molecule has 2 aromatic carbocycles. The summed E-state index contributed by atoms with van der Waals surface area (Å²) in [5, 5.41) is 20.9. The van der Waals surface area contributed by atoms with Crippen LogP contribution in [0.25, 0.3) is 6.08 Å². The number of ketones is 2.